The molecule has 0 fully saturated rings. The molecule has 3 atom stereocenters. The van der Waals surface area contributed by atoms with Crippen LogP contribution in [0.15, 0.2) is 24.3 Å². The van der Waals surface area contributed by atoms with Crippen LogP contribution in [0.4, 0.5) is 0 Å². The maximum absolute atomic E-state index is 12.2. The van der Waals surface area contributed by atoms with Gasteiger partial charge in [0, 0.05) is 5.75 Å². The molecule has 0 aromatic heterocycles. The average Bonchev–Trinajstić information content (AvgIpc) is 2.60. The molecular weight excluding hydrogens is 378 g/mol. The first-order chi connectivity index (χ1) is 12.6. The molecule has 0 heterocycles. The topological polar surface area (TPSA) is 179 Å². The van der Waals surface area contributed by atoms with Gasteiger partial charge in [-0.15, -0.1) is 0 Å². The number of rotatable bonds is 10. The lowest BCUT2D eigenvalue weighted by atomic mass is 10.1. The van der Waals surface area contributed by atoms with Crippen molar-refractivity contribution in [3.05, 3.63) is 29.8 Å². The number of aromatic hydroxyl groups is 1. The van der Waals surface area contributed by atoms with Crippen molar-refractivity contribution in [2.45, 2.75) is 31.0 Å². The number of phenolic OH excluding ortho intramolecular Hbond substituents is 1. The van der Waals surface area contributed by atoms with Gasteiger partial charge in [0.1, 0.15) is 17.8 Å². The Hall–Kier alpha value is -2.79. The first-order valence-electron chi connectivity index (χ1n) is 7.83. The van der Waals surface area contributed by atoms with Crippen molar-refractivity contribution in [2.75, 3.05) is 5.75 Å². The van der Waals surface area contributed by atoms with Crippen LogP contribution >= 0.6 is 12.6 Å². The number of amides is 2. The number of carboxylic acids is 2. The number of hydrogen-bond donors (Lipinski definition) is 7. The molecule has 1 aromatic carbocycles. The van der Waals surface area contributed by atoms with Crippen LogP contribution in [0, 0.1) is 0 Å². The fraction of sp³-hybridized carbons (Fsp3) is 0.375. The van der Waals surface area contributed by atoms with Crippen molar-refractivity contribution in [2.24, 2.45) is 5.73 Å². The Labute approximate surface area is 160 Å². The Morgan fingerprint density at radius 2 is 1.56 bits per heavy atom. The average molecular weight is 399 g/mol. The first kappa shape index (κ1) is 22.3. The van der Waals surface area contributed by atoms with Crippen LogP contribution in [0.5, 0.6) is 5.75 Å². The molecule has 0 aliphatic rings. The summed E-state index contributed by atoms with van der Waals surface area (Å²) >= 11 is 3.94. The van der Waals surface area contributed by atoms with E-state index in [1.165, 1.54) is 12.1 Å². The van der Waals surface area contributed by atoms with Gasteiger partial charge in [-0.2, -0.15) is 12.6 Å². The molecule has 1 aromatic rings. The molecule has 7 N–H and O–H groups in total. The SMILES string of the molecule is NC(Cc1ccc(O)cc1)C(=O)NC(CS)C(=O)NC(CC(=O)O)C(=O)O. The zero-order valence-corrected chi connectivity index (χ0v) is 15.1. The van der Waals surface area contributed by atoms with Crippen LogP contribution in [-0.4, -0.2) is 63.0 Å². The summed E-state index contributed by atoms with van der Waals surface area (Å²) in [5, 5.41) is 31.3. The second kappa shape index (κ2) is 10.4. The van der Waals surface area contributed by atoms with Gasteiger partial charge >= 0.3 is 11.9 Å². The van der Waals surface area contributed by atoms with Crippen LogP contribution < -0.4 is 16.4 Å². The fourth-order valence-corrected chi connectivity index (χ4v) is 2.36. The lowest BCUT2D eigenvalue weighted by Gasteiger charge is -2.21. The minimum Gasteiger partial charge on any atom is -0.508 e. The molecule has 10 nitrogen and oxygen atoms in total. The quantitative estimate of drug-likeness (QED) is 0.238. The molecule has 0 saturated carbocycles. The van der Waals surface area contributed by atoms with Crippen LogP contribution in [0.1, 0.15) is 12.0 Å². The number of carbonyl (C=O) groups is 4. The van der Waals surface area contributed by atoms with Crippen molar-refractivity contribution in [1.29, 1.82) is 0 Å². The molecular formula is C16H21N3O7S. The third kappa shape index (κ3) is 7.54. The Morgan fingerprint density at radius 1 is 1.00 bits per heavy atom. The third-order valence-corrected chi connectivity index (χ3v) is 3.90. The number of benzene rings is 1. The zero-order chi connectivity index (χ0) is 20.6. The maximum Gasteiger partial charge on any atom is 0.326 e. The fourth-order valence-electron chi connectivity index (χ4n) is 2.10. The van der Waals surface area contributed by atoms with E-state index in [4.69, 9.17) is 15.9 Å². The smallest absolute Gasteiger partial charge is 0.326 e. The molecule has 0 bridgehead atoms. The Kier molecular flexibility index (Phi) is 8.56. The van der Waals surface area contributed by atoms with Gasteiger partial charge in [-0.3, -0.25) is 14.4 Å². The molecule has 2 amide bonds. The molecule has 0 saturated heterocycles. The van der Waals surface area contributed by atoms with E-state index in [0.29, 0.717) is 5.56 Å². The van der Waals surface area contributed by atoms with E-state index in [2.05, 4.69) is 17.9 Å². The molecule has 3 unspecified atom stereocenters. The lowest BCUT2D eigenvalue weighted by molar-refractivity contribution is -0.147. The second-order valence-corrected chi connectivity index (χ2v) is 6.08. The van der Waals surface area contributed by atoms with Crippen molar-refractivity contribution >= 4 is 36.4 Å². The number of phenols is 1. The highest BCUT2D eigenvalue weighted by Crippen LogP contribution is 2.11. The summed E-state index contributed by atoms with van der Waals surface area (Å²) in [6, 6.07) is 2.24. The van der Waals surface area contributed by atoms with E-state index < -0.39 is 48.3 Å². The molecule has 148 valence electrons. The summed E-state index contributed by atoms with van der Waals surface area (Å²) in [6.07, 6.45) is -0.668. The number of nitrogens with two attached hydrogens (primary N) is 1. The molecule has 11 heteroatoms. The van der Waals surface area contributed by atoms with Crippen LogP contribution in [0.25, 0.3) is 0 Å². The summed E-state index contributed by atoms with van der Waals surface area (Å²) in [5.74, 6) is -4.55. The van der Waals surface area contributed by atoms with E-state index in [1.807, 2.05) is 5.32 Å². The first-order valence-corrected chi connectivity index (χ1v) is 8.47. The minimum absolute atomic E-state index is 0.0675. The van der Waals surface area contributed by atoms with E-state index >= 15 is 0 Å². The number of carbonyl (C=O) groups excluding carboxylic acids is 2. The zero-order valence-electron chi connectivity index (χ0n) is 14.2. The van der Waals surface area contributed by atoms with Gasteiger partial charge in [0.2, 0.25) is 11.8 Å². The van der Waals surface area contributed by atoms with Gasteiger partial charge in [-0.1, -0.05) is 12.1 Å². The Morgan fingerprint density at radius 3 is 2.04 bits per heavy atom. The van der Waals surface area contributed by atoms with Gasteiger partial charge in [0.05, 0.1) is 12.5 Å². The second-order valence-electron chi connectivity index (χ2n) is 5.72. The van der Waals surface area contributed by atoms with Gasteiger partial charge in [-0.05, 0) is 24.1 Å². The molecule has 0 radical (unpaired) electrons. The summed E-state index contributed by atoms with van der Waals surface area (Å²) in [4.78, 5) is 46.0. The highest BCUT2D eigenvalue weighted by molar-refractivity contribution is 7.80. The maximum atomic E-state index is 12.2. The van der Waals surface area contributed by atoms with E-state index in [0.717, 1.165) is 0 Å². The molecule has 1 rings (SSSR count). The molecule has 27 heavy (non-hydrogen) atoms. The van der Waals surface area contributed by atoms with Gasteiger partial charge in [0.15, 0.2) is 0 Å². The van der Waals surface area contributed by atoms with E-state index in [9.17, 15) is 24.3 Å². The van der Waals surface area contributed by atoms with Gasteiger partial charge in [0.25, 0.3) is 0 Å². The van der Waals surface area contributed by atoms with Gasteiger partial charge in [-0.25, -0.2) is 4.79 Å². The molecule has 0 aliphatic heterocycles. The Balaban J connectivity index is 2.67. The summed E-state index contributed by atoms with van der Waals surface area (Å²) in [5.41, 5.74) is 6.49. The van der Waals surface area contributed by atoms with E-state index in [1.54, 1.807) is 12.1 Å². The normalized spacial score (nSPS) is 13.9. The Bertz CT molecular complexity index is 696. The minimum atomic E-state index is -1.64. The van der Waals surface area contributed by atoms with Crippen molar-refractivity contribution < 1.29 is 34.5 Å². The summed E-state index contributed by atoms with van der Waals surface area (Å²) in [7, 11) is 0. The van der Waals surface area contributed by atoms with Crippen molar-refractivity contribution in [3.63, 3.8) is 0 Å². The highest BCUT2D eigenvalue weighted by Gasteiger charge is 2.28. The highest BCUT2D eigenvalue weighted by atomic mass is 32.1. The predicted molar refractivity (Wildman–Crippen MR) is 97.4 cm³/mol. The predicted octanol–water partition coefficient (Wildman–Crippen LogP) is -1.28. The number of aliphatic carboxylic acids is 2. The van der Waals surface area contributed by atoms with Gasteiger partial charge < -0.3 is 31.7 Å². The number of hydrogen-bond acceptors (Lipinski definition) is 7. The van der Waals surface area contributed by atoms with Crippen LogP contribution in [-0.2, 0) is 25.6 Å². The number of thiol groups is 1. The summed E-state index contributed by atoms with van der Waals surface area (Å²) in [6.45, 7) is 0. The van der Waals surface area contributed by atoms with E-state index in [-0.39, 0.29) is 17.9 Å². The monoisotopic (exact) mass is 399 g/mol. The molecule has 0 spiro atoms. The van der Waals surface area contributed by atoms with Crippen LogP contribution in [0.2, 0.25) is 0 Å². The standard InChI is InChI=1S/C16H21N3O7S/c17-10(5-8-1-3-9(20)4-2-8)14(23)19-12(7-27)15(24)18-11(16(25)26)6-13(21)22/h1-4,10-12,20,27H,5-7,17H2,(H,18,24)(H,19,23)(H,21,22)(H,25,26). The van der Waals surface area contributed by atoms with Crippen LogP contribution in [0.3, 0.4) is 0 Å². The van der Waals surface area contributed by atoms with Crippen molar-refractivity contribution in [3.8, 4) is 5.75 Å². The van der Waals surface area contributed by atoms with Crippen molar-refractivity contribution in [1.82, 2.24) is 10.6 Å². The third-order valence-electron chi connectivity index (χ3n) is 3.54. The number of carboxylic acid groups (broad SMARTS) is 2. The lowest BCUT2D eigenvalue weighted by Crippen LogP contribution is -2.55. The largest absolute Gasteiger partial charge is 0.508 e. The molecule has 0 aliphatic carbocycles. The number of nitrogens with one attached hydrogen (secondary N) is 2. The summed E-state index contributed by atoms with van der Waals surface area (Å²) < 4.78 is 0.